The first-order valence-electron chi connectivity index (χ1n) is 9.19. The summed E-state index contributed by atoms with van der Waals surface area (Å²) in [4.78, 5) is 9.56. The molecule has 28 heavy (non-hydrogen) atoms. The van der Waals surface area contributed by atoms with E-state index in [-0.39, 0.29) is 0 Å². The summed E-state index contributed by atoms with van der Waals surface area (Å²) in [7, 11) is 3.80. The predicted molar refractivity (Wildman–Crippen MR) is 115 cm³/mol. The molecule has 5 nitrogen and oxygen atoms in total. The molecule has 4 heterocycles. The molecule has 4 aromatic heterocycles. The van der Waals surface area contributed by atoms with Gasteiger partial charge in [-0.2, -0.15) is 0 Å². The van der Waals surface area contributed by atoms with Crippen LogP contribution < -0.4 is 0 Å². The number of aromatic nitrogens is 4. The van der Waals surface area contributed by atoms with Gasteiger partial charge in [-0.3, -0.25) is 0 Å². The number of methoxy groups -OCH3 is 1. The molecule has 1 aromatic carbocycles. The number of fused-ring (bicyclic) bond motifs is 2. The standard InChI is InChI=1S/C22H20N4OS/c1-25-12-18(15-6-3-4-8-20(15)25)22-24-19(14-28-22)17-13-26(10-11-27-2)21-16(17)7-5-9-23-21/h3-9,12-14H,10-11H2,1-2H3. The van der Waals surface area contributed by atoms with Crippen molar-refractivity contribution in [2.75, 3.05) is 13.7 Å². The number of nitrogens with zero attached hydrogens (tertiary/aromatic N) is 4. The molecule has 0 spiro atoms. The maximum absolute atomic E-state index is 5.25. The fourth-order valence-corrected chi connectivity index (χ4v) is 4.56. The molecule has 0 atom stereocenters. The zero-order chi connectivity index (χ0) is 19.1. The van der Waals surface area contributed by atoms with Crippen molar-refractivity contribution >= 4 is 33.3 Å². The third-order valence-electron chi connectivity index (χ3n) is 5.08. The van der Waals surface area contributed by atoms with Crippen LogP contribution in [0.25, 0.3) is 43.8 Å². The van der Waals surface area contributed by atoms with Gasteiger partial charge in [-0.1, -0.05) is 18.2 Å². The lowest BCUT2D eigenvalue weighted by Crippen LogP contribution is -2.03. The summed E-state index contributed by atoms with van der Waals surface area (Å²) in [5.74, 6) is 0. The highest BCUT2D eigenvalue weighted by Gasteiger charge is 2.16. The van der Waals surface area contributed by atoms with Crippen LogP contribution in [-0.4, -0.2) is 32.8 Å². The largest absolute Gasteiger partial charge is 0.383 e. The number of rotatable bonds is 5. The molecule has 0 saturated carbocycles. The van der Waals surface area contributed by atoms with Gasteiger partial charge in [0, 0.05) is 72.1 Å². The molecule has 0 saturated heterocycles. The van der Waals surface area contributed by atoms with Crippen molar-refractivity contribution in [1.29, 1.82) is 0 Å². The second-order valence-corrected chi connectivity index (χ2v) is 7.67. The van der Waals surface area contributed by atoms with Crippen LogP contribution in [0.4, 0.5) is 0 Å². The van der Waals surface area contributed by atoms with Gasteiger partial charge in [-0.25, -0.2) is 9.97 Å². The van der Waals surface area contributed by atoms with E-state index in [2.05, 4.69) is 69.3 Å². The minimum Gasteiger partial charge on any atom is -0.383 e. The first-order valence-corrected chi connectivity index (χ1v) is 10.1. The normalized spacial score (nSPS) is 11.6. The van der Waals surface area contributed by atoms with E-state index in [0.29, 0.717) is 6.61 Å². The Morgan fingerprint density at radius 1 is 1.04 bits per heavy atom. The second-order valence-electron chi connectivity index (χ2n) is 6.81. The van der Waals surface area contributed by atoms with Crippen molar-refractivity contribution in [1.82, 2.24) is 19.1 Å². The van der Waals surface area contributed by atoms with Crippen molar-refractivity contribution in [2.45, 2.75) is 6.54 Å². The van der Waals surface area contributed by atoms with Crippen LogP contribution in [0.2, 0.25) is 0 Å². The average molecular weight is 388 g/mol. The van der Waals surface area contributed by atoms with Gasteiger partial charge in [-0.15, -0.1) is 11.3 Å². The lowest BCUT2D eigenvalue weighted by atomic mass is 10.1. The Morgan fingerprint density at radius 3 is 2.79 bits per heavy atom. The maximum Gasteiger partial charge on any atom is 0.140 e. The van der Waals surface area contributed by atoms with Crippen molar-refractivity contribution in [3.8, 4) is 21.8 Å². The molecular formula is C22H20N4OS. The van der Waals surface area contributed by atoms with Gasteiger partial charge in [0.2, 0.25) is 0 Å². The Hall–Kier alpha value is -2.96. The number of pyridine rings is 1. The average Bonchev–Trinajstić information content (AvgIpc) is 3.43. The molecule has 6 heteroatoms. The predicted octanol–water partition coefficient (Wildman–Crippen LogP) is 4.96. The molecule has 0 N–H and O–H groups in total. The molecule has 0 amide bonds. The molecule has 140 valence electrons. The molecule has 0 radical (unpaired) electrons. The van der Waals surface area contributed by atoms with Crippen molar-refractivity contribution in [3.05, 3.63) is 60.4 Å². The van der Waals surface area contributed by atoms with Gasteiger partial charge in [0.05, 0.1) is 12.3 Å². The molecule has 0 bridgehead atoms. The lowest BCUT2D eigenvalue weighted by Gasteiger charge is -2.02. The summed E-state index contributed by atoms with van der Waals surface area (Å²) in [6.07, 6.45) is 6.13. The number of thiazole rings is 1. The van der Waals surface area contributed by atoms with Crippen LogP contribution in [0.15, 0.2) is 60.4 Å². The van der Waals surface area contributed by atoms with Crippen molar-refractivity contribution in [2.24, 2.45) is 7.05 Å². The van der Waals surface area contributed by atoms with Crippen molar-refractivity contribution in [3.63, 3.8) is 0 Å². The smallest absolute Gasteiger partial charge is 0.140 e. The van der Waals surface area contributed by atoms with Crippen LogP contribution in [0.5, 0.6) is 0 Å². The molecular weight excluding hydrogens is 368 g/mol. The van der Waals surface area contributed by atoms with E-state index in [1.54, 1.807) is 18.4 Å². The molecule has 0 aliphatic rings. The van der Waals surface area contributed by atoms with Crippen LogP contribution in [0, 0.1) is 0 Å². The summed E-state index contributed by atoms with van der Waals surface area (Å²) >= 11 is 1.68. The SMILES string of the molecule is COCCn1cc(-c2csc(-c3cn(C)c4ccccc34)n2)c2cccnc21. The first kappa shape index (κ1) is 17.2. The first-order chi connectivity index (χ1) is 13.8. The summed E-state index contributed by atoms with van der Waals surface area (Å²) in [6.45, 7) is 1.42. The van der Waals surface area contributed by atoms with Crippen LogP contribution in [0.1, 0.15) is 0 Å². The Kier molecular flexibility index (Phi) is 4.22. The van der Waals surface area contributed by atoms with E-state index in [4.69, 9.17) is 9.72 Å². The van der Waals surface area contributed by atoms with Gasteiger partial charge in [0.25, 0.3) is 0 Å². The fourth-order valence-electron chi connectivity index (χ4n) is 3.72. The molecule has 0 unspecified atom stereocenters. The highest BCUT2D eigenvalue weighted by molar-refractivity contribution is 7.13. The fraction of sp³-hybridized carbons (Fsp3) is 0.182. The third-order valence-corrected chi connectivity index (χ3v) is 5.95. The van der Waals surface area contributed by atoms with Crippen LogP contribution in [0.3, 0.4) is 0 Å². The summed E-state index contributed by atoms with van der Waals surface area (Å²) in [5, 5.41) is 5.52. The summed E-state index contributed by atoms with van der Waals surface area (Å²) < 4.78 is 9.55. The zero-order valence-corrected chi connectivity index (χ0v) is 16.6. The van der Waals surface area contributed by atoms with E-state index in [0.717, 1.165) is 33.8 Å². The van der Waals surface area contributed by atoms with E-state index in [9.17, 15) is 0 Å². The number of para-hydroxylation sites is 1. The molecule has 5 aromatic rings. The molecule has 0 aliphatic heterocycles. The number of hydrogen-bond acceptors (Lipinski definition) is 4. The maximum atomic E-state index is 5.25. The summed E-state index contributed by atoms with van der Waals surface area (Å²) in [6, 6.07) is 12.5. The monoisotopic (exact) mass is 388 g/mol. The Bertz CT molecular complexity index is 1280. The number of ether oxygens (including phenoxy) is 1. The Balaban J connectivity index is 1.62. The molecule has 0 aliphatic carbocycles. The number of benzene rings is 1. The Morgan fingerprint density at radius 2 is 1.89 bits per heavy atom. The summed E-state index contributed by atoms with van der Waals surface area (Å²) in [5.41, 5.74) is 5.46. The minimum atomic E-state index is 0.651. The van der Waals surface area contributed by atoms with E-state index >= 15 is 0 Å². The van der Waals surface area contributed by atoms with Crippen molar-refractivity contribution < 1.29 is 4.74 Å². The second kappa shape index (κ2) is 6.89. The van der Waals surface area contributed by atoms with E-state index in [1.807, 2.05) is 12.3 Å². The van der Waals surface area contributed by atoms with E-state index < -0.39 is 0 Å². The number of aryl methyl sites for hydroxylation is 1. The number of hydrogen-bond donors (Lipinski definition) is 0. The van der Waals surface area contributed by atoms with Gasteiger partial charge < -0.3 is 13.9 Å². The van der Waals surface area contributed by atoms with Crippen LogP contribution in [-0.2, 0) is 18.3 Å². The lowest BCUT2D eigenvalue weighted by molar-refractivity contribution is 0.188. The molecule has 0 fully saturated rings. The minimum absolute atomic E-state index is 0.651. The van der Waals surface area contributed by atoms with Gasteiger partial charge in [0.1, 0.15) is 10.7 Å². The van der Waals surface area contributed by atoms with Crippen LogP contribution >= 0.6 is 11.3 Å². The van der Waals surface area contributed by atoms with E-state index in [1.165, 1.54) is 16.5 Å². The quantitative estimate of drug-likeness (QED) is 0.427. The topological polar surface area (TPSA) is 44.9 Å². The van der Waals surface area contributed by atoms with Gasteiger partial charge >= 0.3 is 0 Å². The highest BCUT2D eigenvalue weighted by Crippen LogP contribution is 2.36. The third kappa shape index (κ3) is 2.73. The van der Waals surface area contributed by atoms with Gasteiger partial charge in [-0.05, 0) is 18.2 Å². The van der Waals surface area contributed by atoms with Gasteiger partial charge in [0.15, 0.2) is 0 Å². The zero-order valence-electron chi connectivity index (χ0n) is 15.8. The molecule has 5 rings (SSSR count). The Labute approximate surface area is 166 Å². The highest BCUT2D eigenvalue weighted by atomic mass is 32.1.